The highest BCUT2D eigenvalue weighted by Gasteiger charge is 2.34. The molecule has 0 unspecified atom stereocenters. The van der Waals surface area contributed by atoms with Crippen LogP contribution < -0.4 is 14.8 Å². The predicted molar refractivity (Wildman–Crippen MR) is 153 cm³/mol. The minimum Gasteiger partial charge on any atom is -0.490 e. The quantitative estimate of drug-likeness (QED) is 0.274. The number of Topliss-reactive ketones (excluding diaryl/α,β-unsaturated/α-hetero) is 1. The Morgan fingerprint density at radius 1 is 0.850 bits per heavy atom. The Morgan fingerprint density at radius 2 is 1.43 bits per heavy atom. The maximum absolute atomic E-state index is 12.0. The van der Waals surface area contributed by atoms with E-state index in [2.05, 4.69) is 53.6 Å². The van der Waals surface area contributed by atoms with Crippen LogP contribution in [0.1, 0.15) is 88.8 Å². The van der Waals surface area contributed by atoms with Crippen molar-refractivity contribution in [2.75, 3.05) is 0 Å². The largest absolute Gasteiger partial charge is 0.490 e. The van der Waals surface area contributed by atoms with Gasteiger partial charge in [0.25, 0.3) is 0 Å². The van der Waals surface area contributed by atoms with Crippen molar-refractivity contribution in [2.24, 2.45) is 0 Å². The number of carbonyl (C=O) groups is 2. The lowest BCUT2D eigenvalue weighted by Crippen LogP contribution is -2.50. The first-order valence-corrected chi connectivity index (χ1v) is 13.9. The molecule has 0 spiro atoms. The summed E-state index contributed by atoms with van der Waals surface area (Å²) in [6.07, 6.45) is 3.08. The zero-order valence-corrected chi connectivity index (χ0v) is 24.2. The van der Waals surface area contributed by atoms with Crippen LogP contribution in [0.2, 0.25) is 0 Å². The molecule has 0 aliphatic heterocycles. The summed E-state index contributed by atoms with van der Waals surface area (Å²) in [5.74, 6) is 1.68. The van der Waals surface area contributed by atoms with Crippen LogP contribution in [0.15, 0.2) is 60.7 Å². The first kappa shape index (κ1) is 29.1. The maximum atomic E-state index is 12.0. The zero-order valence-electron chi connectivity index (χ0n) is 24.2. The second kappa shape index (κ2) is 12.1. The highest BCUT2D eigenvalue weighted by molar-refractivity contribution is 5.91. The molecular weight excluding hydrogens is 506 g/mol. The number of hydrogen-bond donors (Lipinski definition) is 1. The molecule has 2 aromatic carbocycles. The standard InChI is InChI=1S/C32H39N3O5/c1-7-32(8-2,23-11-15-26(16-12-23)39-29-18-17-28(21(3)36)34-35-29)22-9-13-25(14-10-22)38-27-19-24(20-27)33-30(37)40-31(4,5)6/h9-18,24,27H,7-8,19-20H2,1-6H3,(H,33,37). The van der Waals surface area contributed by atoms with Crippen LogP contribution in [0.4, 0.5) is 4.79 Å². The molecule has 0 radical (unpaired) electrons. The summed E-state index contributed by atoms with van der Waals surface area (Å²) < 4.78 is 17.3. The lowest BCUT2D eigenvalue weighted by Gasteiger charge is -2.36. The van der Waals surface area contributed by atoms with E-state index in [1.165, 1.54) is 18.1 Å². The molecule has 1 fully saturated rings. The molecule has 0 bridgehead atoms. The summed E-state index contributed by atoms with van der Waals surface area (Å²) in [4.78, 5) is 23.4. The number of nitrogens with one attached hydrogen (secondary N) is 1. The molecule has 1 saturated carbocycles. The highest BCUT2D eigenvalue weighted by atomic mass is 16.6. The maximum Gasteiger partial charge on any atom is 0.407 e. The van der Waals surface area contributed by atoms with Crippen molar-refractivity contribution in [2.45, 2.75) is 90.4 Å². The van der Waals surface area contributed by atoms with Crippen molar-refractivity contribution in [3.05, 3.63) is 77.5 Å². The van der Waals surface area contributed by atoms with Gasteiger partial charge in [0.1, 0.15) is 28.9 Å². The van der Waals surface area contributed by atoms with Gasteiger partial charge in [-0.15, -0.1) is 10.2 Å². The normalized spacial score (nSPS) is 16.9. The lowest BCUT2D eigenvalue weighted by molar-refractivity contribution is 0.0362. The fraction of sp³-hybridized carbons (Fsp3) is 0.438. The third-order valence-electron chi connectivity index (χ3n) is 7.36. The van der Waals surface area contributed by atoms with Gasteiger partial charge in [-0.25, -0.2) is 4.79 Å². The Balaban J connectivity index is 1.37. The van der Waals surface area contributed by atoms with E-state index < -0.39 is 5.60 Å². The monoisotopic (exact) mass is 545 g/mol. The van der Waals surface area contributed by atoms with Gasteiger partial charge in [-0.3, -0.25) is 4.79 Å². The van der Waals surface area contributed by atoms with Gasteiger partial charge in [-0.1, -0.05) is 38.1 Å². The molecule has 40 heavy (non-hydrogen) atoms. The van der Waals surface area contributed by atoms with E-state index in [1.54, 1.807) is 12.1 Å². The van der Waals surface area contributed by atoms with Crippen molar-refractivity contribution in [1.82, 2.24) is 15.5 Å². The third kappa shape index (κ3) is 6.97. The Hall–Kier alpha value is -3.94. The number of ketones is 1. The Bertz CT molecular complexity index is 1290. The number of nitrogens with zero attached hydrogens (tertiary/aromatic N) is 2. The molecule has 212 valence electrons. The number of alkyl carbamates (subject to hydrolysis) is 1. The van der Waals surface area contributed by atoms with E-state index in [9.17, 15) is 9.59 Å². The van der Waals surface area contributed by atoms with Gasteiger partial charge in [0.05, 0.1) is 0 Å². The molecule has 1 aliphatic rings. The molecule has 0 saturated heterocycles. The van der Waals surface area contributed by atoms with E-state index in [-0.39, 0.29) is 29.4 Å². The number of hydrogen-bond acceptors (Lipinski definition) is 7. The number of aromatic nitrogens is 2. The summed E-state index contributed by atoms with van der Waals surface area (Å²) in [7, 11) is 0. The second-order valence-electron chi connectivity index (χ2n) is 11.3. The van der Waals surface area contributed by atoms with Gasteiger partial charge in [0.15, 0.2) is 5.78 Å². The predicted octanol–water partition coefficient (Wildman–Crippen LogP) is 7.01. The number of benzene rings is 2. The first-order valence-electron chi connectivity index (χ1n) is 13.9. The van der Waals surface area contributed by atoms with Crippen LogP contribution in [-0.2, 0) is 10.2 Å². The van der Waals surface area contributed by atoms with Crippen molar-refractivity contribution in [1.29, 1.82) is 0 Å². The molecule has 0 atom stereocenters. The van der Waals surface area contributed by atoms with E-state index in [4.69, 9.17) is 14.2 Å². The molecule has 1 heterocycles. The highest BCUT2D eigenvalue weighted by Crippen LogP contribution is 2.40. The van der Waals surface area contributed by atoms with Gasteiger partial charge in [-0.05, 0) is 75.1 Å². The SMILES string of the molecule is CCC(CC)(c1ccc(Oc2ccc(C(C)=O)nn2)cc1)c1ccc(OC2CC(NC(=O)OC(C)(C)C)C2)cc1. The van der Waals surface area contributed by atoms with Crippen LogP contribution in [0.5, 0.6) is 17.4 Å². The molecule has 4 rings (SSSR count). The summed E-state index contributed by atoms with van der Waals surface area (Å²) >= 11 is 0. The number of ether oxygens (including phenoxy) is 3. The van der Waals surface area contributed by atoms with Gasteiger partial charge < -0.3 is 19.5 Å². The lowest BCUT2D eigenvalue weighted by atomic mass is 9.70. The Kier molecular flexibility index (Phi) is 8.76. The molecular formula is C32H39N3O5. The molecule has 8 heteroatoms. The third-order valence-corrected chi connectivity index (χ3v) is 7.36. The number of rotatable bonds is 10. The zero-order chi connectivity index (χ0) is 28.9. The van der Waals surface area contributed by atoms with E-state index >= 15 is 0 Å². The topological polar surface area (TPSA) is 99.6 Å². The van der Waals surface area contributed by atoms with Gasteiger partial charge in [0, 0.05) is 37.3 Å². The van der Waals surface area contributed by atoms with Crippen LogP contribution in [-0.4, -0.2) is 39.8 Å². The Labute approximate surface area is 236 Å². The number of amides is 1. The van der Waals surface area contributed by atoms with Gasteiger partial charge >= 0.3 is 6.09 Å². The fourth-order valence-electron chi connectivity index (χ4n) is 5.06. The average molecular weight is 546 g/mol. The molecule has 1 amide bonds. The summed E-state index contributed by atoms with van der Waals surface area (Å²) in [5.41, 5.74) is 2.07. The number of carbonyl (C=O) groups excluding carboxylic acids is 2. The van der Waals surface area contributed by atoms with Crippen LogP contribution >= 0.6 is 0 Å². The van der Waals surface area contributed by atoms with E-state index in [0.717, 1.165) is 31.4 Å². The van der Waals surface area contributed by atoms with E-state index in [1.807, 2.05) is 45.0 Å². The van der Waals surface area contributed by atoms with Gasteiger partial charge in [-0.2, -0.15) is 0 Å². The minimum atomic E-state index is -0.507. The van der Waals surface area contributed by atoms with Crippen LogP contribution in [0.3, 0.4) is 0 Å². The summed E-state index contributed by atoms with van der Waals surface area (Å²) in [6, 6.07) is 19.7. The van der Waals surface area contributed by atoms with Crippen molar-refractivity contribution in [3.8, 4) is 17.4 Å². The summed E-state index contributed by atoms with van der Waals surface area (Å²) in [5, 5.41) is 10.8. The fourth-order valence-corrected chi connectivity index (χ4v) is 5.06. The smallest absolute Gasteiger partial charge is 0.407 e. The van der Waals surface area contributed by atoms with Crippen molar-refractivity contribution in [3.63, 3.8) is 0 Å². The van der Waals surface area contributed by atoms with Gasteiger partial charge in [0.2, 0.25) is 5.88 Å². The molecule has 8 nitrogen and oxygen atoms in total. The molecule has 1 aromatic heterocycles. The minimum absolute atomic E-state index is 0.0730. The molecule has 1 aliphatic carbocycles. The van der Waals surface area contributed by atoms with Crippen LogP contribution in [0, 0.1) is 0 Å². The second-order valence-corrected chi connectivity index (χ2v) is 11.3. The summed E-state index contributed by atoms with van der Waals surface area (Å²) in [6.45, 7) is 11.4. The Morgan fingerprint density at radius 3 is 1.90 bits per heavy atom. The molecule has 1 N–H and O–H groups in total. The van der Waals surface area contributed by atoms with Crippen LogP contribution in [0.25, 0.3) is 0 Å². The van der Waals surface area contributed by atoms with Crippen molar-refractivity contribution < 1.29 is 23.8 Å². The van der Waals surface area contributed by atoms with E-state index in [0.29, 0.717) is 17.3 Å². The average Bonchev–Trinajstić information content (AvgIpc) is 2.89. The first-order chi connectivity index (χ1) is 19.0. The van der Waals surface area contributed by atoms with Crippen molar-refractivity contribution >= 4 is 11.9 Å². The molecule has 3 aromatic rings.